The van der Waals surface area contributed by atoms with Crippen LogP contribution in [0.2, 0.25) is 0 Å². The molecule has 0 unspecified atom stereocenters. The molecule has 5 heteroatoms. The predicted molar refractivity (Wildman–Crippen MR) is 72.6 cm³/mol. The molecule has 0 saturated carbocycles. The van der Waals surface area contributed by atoms with Crippen LogP contribution >= 0.6 is 0 Å². The van der Waals surface area contributed by atoms with Gasteiger partial charge in [-0.05, 0) is 48.5 Å². The Morgan fingerprint density at radius 2 is 1.32 bits per heavy atom. The summed E-state index contributed by atoms with van der Waals surface area (Å²) in [5, 5.41) is 0. The minimum absolute atomic E-state index is 0.0552. The number of hydrogen-bond donors (Lipinski definition) is 0. The second kappa shape index (κ2) is 6.46. The van der Waals surface area contributed by atoms with E-state index in [1.807, 2.05) is 0 Å². The Balaban J connectivity index is 4.93. The van der Waals surface area contributed by atoms with Gasteiger partial charge < -0.3 is 9.47 Å². The van der Waals surface area contributed by atoms with Crippen LogP contribution in [-0.2, 0) is 9.47 Å². The molecule has 2 amide bonds. The van der Waals surface area contributed by atoms with Gasteiger partial charge in [-0.25, -0.2) is 14.5 Å². The Morgan fingerprint density at radius 1 is 0.947 bits per heavy atom. The molecule has 108 valence electrons. The first-order valence-electron chi connectivity index (χ1n) is 6.09. The van der Waals surface area contributed by atoms with E-state index >= 15 is 0 Å². The summed E-state index contributed by atoms with van der Waals surface area (Å²) in [5.74, 6) is 5.28. The number of carbonyl (C=O) groups is 2. The first-order valence-corrected chi connectivity index (χ1v) is 6.09. The lowest BCUT2D eigenvalue weighted by Gasteiger charge is -2.27. The third kappa shape index (κ3) is 8.09. The average molecular weight is 269 g/mol. The molecule has 0 aliphatic carbocycles. The number of carbonyl (C=O) groups excluding carboxylic acids is 2. The Labute approximate surface area is 115 Å². The number of rotatable bonds is 1. The van der Waals surface area contributed by atoms with Crippen molar-refractivity contribution in [3.05, 3.63) is 0 Å². The van der Waals surface area contributed by atoms with Crippen molar-refractivity contribution in [2.24, 2.45) is 0 Å². The first kappa shape index (κ1) is 17.3. The van der Waals surface area contributed by atoms with Crippen LogP contribution in [0.25, 0.3) is 0 Å². The quantitative estimate of drug-likeness (QED) is 0.686. The topological polar surface area (TPSA) is 55.8 Å². The van der Waals surface area contributed by atoms with Crippen LogP contribution in [-0.4, -0.2) is 34.8 Å². The van der Waals surface area contributed by atoms with Gasteiger partial charge in [0.05, 0.1) is 6.54 Å². The molecule has 0 rings (SSSR count). The predicted octanol–water partition coefficient (Wildman–Crippen LogP) is 3.18. The highest BCUT2D eigenvalue weighted by Crippen LogP contribution is 2.14. The first-order chi connectivity index (χ1) is 8.46. The summed E-state index contributed by atoms with van der Waals surface area (Å²) in [5.41, 5.74) is -1.37. The molecule has 0 aliphatic heterocycles. The third-order valence-corrected chi connectivity index (χ3v) is 1.64. The maximum atomic E-state index is 11.9. The van der Waals surface area contributed by atoms with Gasteiger partial charge in [-0.1, -0.05) is 5.92 Å². The summed E-state index contributed by atoms with van der Waals surface area (Å²) in [6.45, 7) is 11.9. The third-order valence-electron chi connectivity index (χ3n) is 1.64. The monoisotopic (exact) mass is 269 g/mol. The van der Waals surface area contributed by atoms with Gasteiger partial charge in [0.2, 0.25) is 0 Å². The van der Waals surface area contributed by atoms with Gasteiger partial charge in [-0.2, -0.15) is 0 Å². The molecule has 5 nitrogen and oxygen atoms in total. The Hall–Kier alpha value is -1.70. The zero-order valence-electron chi connectivity index (χ0n) is 12.8. The lowest BCUT2D eigenvalue weighted by atomic mass is 10.2. The van der Waals surface area contributed by atoms with Crippen molar-refractivity contribution >= 4 is 12.2 Å². The fraction of sp³-hybridized carbons (Fsp3) is 0.714. The molecule has 0 N–H and O–H groups in total. The van der Waals surface area contributed by atoms with Gasteiger partial charge in [-0.15, -0.1) is 5.92 Å². The summed E-state index contributed by atoms with van der Waals surface area (Å²) < 4.78 is 10.3. The molecule has 0 aromatic rings. The van der Waals surface area contributed by atoms with Crippen molar-refractivity contribution in [3.8, 4) is 11.8 Å². The summed E-state index contributed by atoms with van der Waals surface area (Å²) in [6.07, 6.45) is -1.52. The Kier molecular flexibility index (Phi) is 5.88. The highest BCUT2D eigenvalue weighted by molar-refractivity contribution is 5.88. The standard InChI is InChI=1S/C14H23NO4/c1-8-9-10-15(11(16)18-13(2,3)4)12(17)19-14(5,6)7/h10H2,1-7H3. The van der Waals surface area contributed by atoms with Crippen molar-refractivity contribution in [3.63, 3.8) is 0 Å². The van der Waals surface area contributed by atoms with E-state index in [9.17, 15) is 9.59 Å². The van der Waals surface area contributed by atoms with E-state index in [2.05, 4.69) is 11.8 Å². The lowest BCUT2D eigenvalue weighted by Crippen LogP contribution is -2.43. The maximum Gasteiger partial charge on any atom is 0.420 e. The van der Waals surface area contributed by atoms with E-state index in [1.165, 1.54) is 0 Å². The molecule has 0 spiro atoms. The van der Waals surface area contributed by atoms with Crippen LogP contribution in [0.5, 0.6) is 0 Å². The summed E-state index contributed by atoms with van der Waals surface area (Å²) >= 11 is 0. The van der Waals surface area contributed by atoms with Crippen molar-refractivity contribution in [1.82, 2.24) is 4.90 Å². The fourth-order valence-corrected chi connectivity index (χ4v) is 0.996. The molecule has 19 heavy (non-hydrogen) atoms. The van der Waals surface area contributed by atoms with Crippen molar-refractivity contribution in [2.75, 3.05) is 6.54 Å². The van der Waals surface area contributed by atoms with Gasteiger partial charge in [-0.3, -0.25) is 0 Å². The molecule has 0 aromatic heterocycles. The van der Waals surface area contributed by atoms with Crippen LogP contribution in [0.4, 0.5) is 9.59 Å². The molecule has 0 fully saturated rings. The van der Waals surface area contributed by atoms with Crippen LogP contribution in [0.3, 0.4) is 0 Å². The SMILES string of the molecule is CC#CCN(C(=O)OC(C)(C)C)C(=O)OC(C)(C)C. The van der Waals surface area contributed by atoms with Crippen molar-refractivity contribution < 1.29 is 19.1 Å². The molecule has 0 aromatic carbocycles. The van der Waals surface area contributed by atoms with E-state index in [1.54, 1.807) is 48.5 Å². The Bertz CT molecular complexity index is 362. The van der Waals surface area contributed by atoms with Crippen molar-refractivity contribution in [1.29, 1.82) is 0 Å². The van der Waals surface area contributed by atoms with Gasteiger partial charge in [0.25, 0.3) is 0 Å². The molecule has 0 bridgehead atoms. The van der Waals surface area contributed by atoms with E-state index < -0.39 is 23.4 Å². The number of imide groups is 1. The molecule has 0 saturated heterocycles. The highest BCUT2D eigenvalue weighted by atomic mass is 16.6. The summed E-state index contributed by atoms with van der Waals surface area (Å²) in [6, 6.07) is 0. The number of amides is 2. The second-order valence-electron chi connectivity index (χ2n) is 5.97. The second-order valence-corrected chi connectivity index (χ2v) is 5.97. The number of nitrogens with zero attached hydrogens (tertiary/aromatic N) is 1. The fourth-order valence-electron chi connectivity index (χ4n) is 0.996. The highest BCUT2D eigenvalue weighted by Gasteiger charge is 2.30. The van der Waals surface area contributed by atoms with Gasteiger partial charge in [0, 0.05) is 0 Å². The van der Waals surface area contributed by atoms with Gasteiger partial charge in [0.1, 0.15) is 11.2 Å². The van der Waals surface area contributed by atoms with E-state index in [0.29, 0.717) is 0 Å². The number of hydrogen-bond acceptors (Lipinski definition) is 4. The largest absolute Gasteiger partial charge is 0.443 e. The normalized spacial score (nSPS) is 11.1. The van der Waals surface area contributed by atoms with Crippen molar-refractivity contribution in [2.45, 2.75) is 59.7 Å². The lowest BCUT2D eigenvalue weighted by molar-refractivity contribution is 0.00412. The van der Waals surface area contributed by atoms with Crippen LogP contribution in [0, 0.1) is 11.8 Å². The van der Waals surface area contributed by atoms with Gasteiger partial charge in [0.15, 0.2) is 0 Å². The van der Waals surface area contributed by atoms with E-state index in [4.69, 9.17) is 9.47 Å². The average Bonchev–Trinajstić information content (AvgIpc) is 2.12. The van der Waals surface area contributed by atoms with Crippen LogP contribution in [0.1, 0.15) is 48.5 Å². The summed E-state index contributed by atoms with van der Waals surface area (Å²) in [7, 11) is 0. The number of ether oxygens (including phenoxy) is 2. The molecule has 0 atom stereocenters. The van der Waals surface area contributed by atoms with Gasteiger partial charge >= 0.3 is 12.2 Å². The molecule has 0 heterocycles. The zero-order valence-corrected chi connectivity index (χ0v) is 12.8. The molecule has 0 aliphatic rings. The zero-order chi connectivity index (χ0) is 15.3. The smallest absolute Gasteiger partial charge is 0.420 e. The minimum Gasteiger partial charge on any atom is -0.443 e. The molecule has 0 radical (unpaired) electrons. The van der Waals surface area contributed by atoms with Crippen LogP contribution in [0.15, 0.2) is 0 Å². The molecular formula is C14H23NO4. The van der Waals surface area contributed by atoms with Crippen LogP contribution < -0.4 is 0 Å². The van der Waals surface area contributed by atoms with E-state index in [0.717, 1.165) is 4.90 Å². The summed E-state index contributed by atoms with van der Waals surface area (Å²) in [4.78, 5) is 24.7. The minimum atomic E-state index is -0.760. The van der Waals surface area contributed by atoms with E-state index in [-0.39, 0.29) is 6.54 Å². The Morgan fingerprint density at radius 3 is 1.58 bits per heavy atom. The maximum absolute atomic E-state index is 11.9. The molecular weight excluding hydrogens is 246 g/mol.